The number of anilines is 1. The fourth-order valence-corrected chi connectivity index (χ4v) is 3.05. The Labute approximate surface area is 139 Å². The van der Waals surface area contributed by atoms with Gasteiger partial charge in [-0.05, 0) is 24.6 Å². The third-order valence-corrected chi connectivity index (χ3v) is 4.13. The van der Waals surface area contributed by atoms with E-state index < -0.39 is 5.97 Å². The molecule has 0 aliphatic heterocycles. The quantitative estimate of drug-likeness (QED) is 0.813. The number of benzene rings is 1. The first kappa shape index (κ1) is 17.0. The van der Waals surface area contributed by atoms with Gasteiger partial charge in [-0.3, -0.25) is 4.79 Å². The van der Waals surface area contributed by atoms with Gasteiger partial charge in [0.2, 0.25) is 5.91 Å². The molecule has 1 aromatic carbocycles. The summed E-state index contributed by atoms with van der Waals surface area (Å²) < 4.78 is 10.3. The summed E-state index contributed by atoms with van der Waals surface area (Å²) in [7, 11) is 1.33. The number of esters is 1. The normalized spacial score (nSPS) is 10.2. The molecule has 0 saturated heterocycles. The highest BCUT2D eigenvalue weighted by atomic mass is 32.1. The molecule has 0 bridgehead atoms. The number of carbonyl (C=O) groups is 2. The molecule has 2 aromatic rings. The van der Waals surface area contributed by atoms with Crippen molar-refractivity contribution >= 4 is 28.2 Å². The van der Waals surface area contributed by atoms with E-state index in [9.17, 15) is 9.59 Å². The minimum Gasteiger partial charge on any atom is -0.494 e. The zero-order chi connectivity index (χ0) is 16.8. The van der Waals surface area contributed by atoms with Crippen LogP contribution in [-0.4, -0.2) is 25.6 Å². The Balaban J connectivity index is 2.41. The van der Waals surface area contributed by atoms with Gasteiger partial charge in [0.05, 0.1) is 13.7 Å². The molecule has 0 spiro atoms. The Kier molecular flexibility index (Phi) is 5.76. The number of ether oxygens (including phenoxy) is 2. The summed E-state index contributed by atoms with van der Waals surface area (Å²) in [6, 6.07) is 7.46. The summed E-state index contributed by atoms with van der Waals surface area (Å²) in [5.74, 6) is 0.155. The number of nitrogens with one attached hydrogen (secondary N) is 1. The summed E-state index contributed by atoms with van der Waals surface area (Å²) in [5, 5.41) is 5.10. The Morgan fingerprint density at radius 1 is 1.17 bits per heavy atom. The highest BCUT2D eigenvalue weighted by molar-refractivity contribution is 7.15. The third-order valence-electron chi connectivity index (χ3n) is 3.23. The maximum Gasteiger partial charge on any atom is 0.341 e. The Bertz CT molecular complexity index is 691. The van der Waals surface area contributed by atoms with E-state index >= 15 is 0 Å². The molecule has 0 unspecified atom stereocenters. The van der Waals surface area contributed by atoms with Gasteiger partial charge in [-0.1, -0.05) is 19.1 Å². The van der Waals surface area contributed by atoms with Crippen molar-refractivity contribution < 1.29 is 19.1 Å². The Hall–Kier alpha value is -2.34. The van der Waals surface area contributed by atoms with Crippen molar-refractivity contribution in [3.05, 3.63) is 35.2 Å². The lowest BCUT2D eigenvalue weighted by atomic mass is 10.0. The molecule has 5 nitrogen and oxygen atoms in total. The molecular weight excluding hydrogens is 314 g/mol. The zero-order valence-electron chi connectivity index (χ0n) is 13.3. The Morgan fingerprint density at radius 2 is 1.87 bits per heavy atom. The van der Waals surface area contributed by atoms with E-state index in [-0.39, 0.29) is 5.91 Å². The highest BCUT2D eigenvalue weighted by Gasteiger charge is 2.22. The number of carbonyl (C=O) groups excluding carboxylic acids is 2. The van der Waals surface area contributed by atoms with Crippen molar-refractivity contribution in [2.45, 2.75) is 20.3 Å². The van der Waals surface area contributed by atoms with Crippen molar-refractivity contribution in [2.75, 3.05) is 19.0 Å². The summed E-state index contributed by atoms with van der Waals surface area (Å²) in [6.07, 6.45) is 0.344. The van der Waals surface area contributed by atoms with Gasteiger partial charge in [0.1, 0.15) is 16.3 Å². The van der Waals surface area contributed by atoms with Crippen LogP contribution in [0.2, 0.25) is 0 Å². The van der Waals surface area contributed by atoms with Crippen molar-refractivity contribution in [3.63, 3.8) is 0 Å². The molecule has 0 aliphatic rings. The van der Waals surface area contributed by atoms with Crippen LogP contribution in [0.25, 0.3) is 11.1 Å². The first-order valence-electron chi connectivity index (χ1n) is 7.33. The Morgan fingerprint density at radius 3 is 2.43 bits per heavy atom. The van der Waals surface area contributed by atoms with Crippen LogP contribution in [0.5, 0.6) is 5.75 Å². The minimum atomic E-state index is -0.471. The lowest BCUT2D eigenvalue weighted by Crippen LogP contribution is -2.12. The lowest BCUT2D eigenvalue weighted by molar-refractivity contribution is -0.115. The zero-order valence-corrected chi connectivity index (χ0v) is 14.2. The number of thiophene rings is 1. The van der Waals surface area contributed by atoms with E-state index in [4.69, 9.17) is 9.47 Å². The molecule has 0 radical (unpaired) electrons. The van der Waals surface area contributed by atoms with Gasteiger partial charge in [-0.25, -0.2) is 4.79 Å². The summed E-state index contributed by atoms with van der Waals surface area (Å²) in [5.41, 5.74) is 1.97. The second-order valence-corrected chi connectivity index (χ2v) is 5.58. The van der Waals surface area contributed by atoms with Crippen LogP contribution in [0.4, 0.5) is 5.00 Å². The van der Waals surface area contributed by atoms with Crippen LogP contribution < -0.4 is 10.1 Å². The van der Waals surface area contributed by atoms with E-state index in [2.05, 4.69) is 5.32 Å². The molecule has 1 heterocycles. The molecule has 23 heavy (non-hydrogen) atoms. The first-order valence-corrected chi connectivity index (χ1v) is 8.21. The topological polar surface area (TPSA) is 64.6 Å². The molecule has 6 heteroatoms. The number of amides is 1. The maximum atomic E-state index is 12.1. The molecule has 0 aliphatic carbocycles. The third kappa shape index (κ3) is 3.90. The maximum absolute atomic E-state index is 12.1. The molecule has 0 fully saturated rings. The summed E-state index contributed by atoms with van der Waals surface area (Å²) in [4.78, 5) is 23.8. The number of rotatable bonds is 6. The molecule has 2 rings (SSSR count). The smallest absolute Gasteiger partial charge is 0.341 e. The average molecular weight is 333 g/mol. The van der Waals surface area contributed by atoms with Crippen LogP contribution in [0.3, 0.4) is 0 Å². The van der Waals surface area contributed by atoms with Crippen LogP contribution in [0.1, 0.15) is 30.6 Å². The molecule has 1 N–H and O–H groups in total. The molecule has 1 aromatic heterocycles. The highest BCUT2D eigenvalue weighted by Crippen LogP contribution is 2.36. The van der Waals surface area contributed by atoms with Crippen LogP contribution in [0.15, 0.2) is 29.6 Å². The van der Waals surface area contributed by atoms with E-state index in [0.29, 0.717) is 23.6 Å². The second kappa shape index (κ2) is 7.78. The van der Waals surface area contributed by atoms with Gasteiger partial charge in [0.25, 0.3) is 0 Å². The molecule has 1 amide bonds. The van der Waals surface area contributed by atoms with Crippen molar-refractivity contribution in [1.29, 1.82) is 0 Å². The largest absolute Gasteiger partial charge is 0.494 e. The molecule has 0 saturated carbocycles. The van der Waals surface area contributed by atoms with Crippen LogP contribution >= 0.6 is 11.3 Å². The first-order chi connectivity index (χ1) is 11.1. The SMILES string of the molecule is CCOc1ccc(-c2csc(NC(=O)CC)c2C(=O)OC)cc1. The monoisotopic (exact) mass is 333 g/mol. The van der Waals surface area contributed by atoms with Crippen molar-refractivity contribution in [2.24, 2.45) is 0 Å². The second-order valence-electron chi connectivity index (χ2n) is 4.70. The van der Waals surface area contributed by atoms with Crippen LogP contribution in [0, 0.1) is 0 Å². The fourth-order valence-electron chi connectivity index (χ4n) is 2.08. The van der Waals surface area contributed by atoms with Gasteiger partial charge in [0, 0.05) is 17.4 Å². The van der Waals surface area contributed by atoms with Gasteiger partial charge < -0.3 is 14.8 Å². The molecule has 0 atom stereocenters. The van der Waals surface area contributed by atoms with Crippen molar-refractivity contribution in [1.82, 2.24) is 0 Å². The van der Waals surface area contributed by atoms with E-state index in [1.54, 1.807) is 6.92 Å². The predicted octanol–water partition coefficient (Wildman–Crippen LogP) is 3.95. The number of hydrogen-bond acceptors (Lipinski definition) is 5. The fraction of sp³-hybridized carbons (Fsp3) is 0.294. The van der Waals surface area contributed by atoms with E-state index in [1.165, 1.54) is 18.4 Å². The van der Waals surface area contributed by atoms with Gasteiger partial charge >= 0.3 is 5.97 Å². The van der Waals surface area contributed by atoms with Gasteiger partial charge in [-0.15, -0.1) is 11.3 Å². The van der Waals surface area contributed by atoms with Gasteiger partial charge in [-0.2, -0.15) is 0 Å². The van der Waals surface area contributed by atoms with Crippen molar-refractivity contribution in [3.8, 4) is 16.9 Å². The average Bonchev–Trinajstić information content (AvgIpc) is 2.98. The van der Waals surface area contributed by atoms with Crippen LogP contribution in [-0.2, 0) is 9.53 Å². The summed E-state index contributed by atoms with van der Waals surface area (Å²) >= 11 is 1.31. The van der Waals surface area contributed by atoms with E-state index in [0.717, 1.165) is 16.9 Å². The molecule has 122 valence electrons. The van der Waals surface area contributed by atoms with Gasteiger partial charge in [0.15, 0.2) is 0 Å². The van der Waals surface area contributed by atoms with E-state index in [1.807, 2.05) is 36.6 Å². The predicted molar refractivity (Wildman–Crippen MR) is 91.2 cm³/mol. The summed E-state index contributed by atoms with van der Waals surface area (Å²) in [6.45, 7) is 4.28. The lowest BCUT2D eigenvalue weighted by Gasteiger charge is -2.08. The minimum absolute atomic E-state index is 0.143. The molecular formula is C17H19NO4S. The number of hydrogen-bond donors (Lipinski definition) is 1. The standard InChI is InChI=1S/C17H19NO4S/c1-4-14(19)18-16-15(17(20)21-3)13(10-23-16)11-6-8-12(9-7-11)22-5-2/h6-10H,4-5H2,1-3H3,(H,18,19). The number of methoxy groups -OCH3 is 1.